The van der Waals surface area contributed by atoms with Gasteiger partial charge in [0.05, 0.1) is 6.10 Å². The predicted molar refractivity (Wildman–Crippen MR) is 97.4 cm³/mol. The maximum absolute atomic E-state index is 12.2. The molecule has 1 N–H and O–H groups in total. The van der Waals surface area contributed by atoms with Gasteiger partial charge in [0.2, 0.25) is 0 Å². The van der Waals surface area contributed by atoms with E-state index < -0.39 is 5.91 Å². The summed E-state index contributed by atoms with van der Waals surface area (Å²) in [6, 6.07) is 13.2. The molecule has 0 bridgehead atoms. The van der Waals surface area contributed by atoms with Gasteiger partial charge in [0.25, 0.3) is 5.91 Å². The van der Waals surface area contributed by atoms with E-state index in [0.717, 1.165) is 29.5 Å². The molecule has 1 aromatic carbocycles. The van der Waals surface area contributed by atoms with Crippen LogP contribution in [0.3, 0.4) is 0 Å². The predicted octanol–water partition coefficient (Wildman–Crippen LogP) is 3.91. The van der Waals surface area contributed by atoms with E-state index in [1.165, 1.54) is 6.08 Å². The van der Waals surface area contributed by atoms with Crippen LogP contribution in [0.15, 0.2) is 50.9 Å². The Balaban J connectivity index is 1.69. The van der Waals surface area contributed by atoms with Crippen molar-refractivity contribution in [2.24, 2.45) is 0 Å². The van der Waals surface area contributed by atoms with Gasteiger partial charge in [-0.05, 0) is 37.1 Å². The molecule has 6 heteroatoms. The van der Waals surface area contributed by atoms with Crippen LogP contribution in [0.4, 0.5) is 0 Å². The Morgan fingerprint density at radius 2 is 2.28 bits per heavy atom. The molecule has 2 aromatic rings. The van der Waals surface area contributed by atoms with E-state index in [1.54, 1.807) is 6.07 Å². The number of furan rings is 1. The Kier molecular flexibility index (Phi) is 5.69. The highest BCUT2D eigenvalue weighted by Crippen LogP contribution is 2.25. The highest BCUT2D eigenvalue weighted by Gasteiger charge is 2.18. The lowest BCUT2D eigenvalue weighted by Crippen LogP contribution is -2.32. The van der Waals surface area contributed by atoms with Crippen LogP contribution in [-0.4, -0.2) is 25.2 Å². The van der Waals surface area contributed by atoms with Crippen molar-refractivity contribution in [2.75, 3.05) is 13.2 Å². The van der Waals surface area contributed by atoms with Crippen molar-refractivity contribution in [1.82, 2.24) is 5.32 Å². The van der Waals surface area contributed by atoms with Crippen molar-refractivity contribution in [3.8, 4) is 17.4 Å². The number of nitriles is 1. The summed E-state index contributed by atoms with van der Waals surface area (Å²) in [4.78, 5) is 12.2. The Morgan fingerprint density at radius 3 is 3.00 bits per heavy atom. The summed E-state index contributed by atoms with van der Waals surface area (Å²) in [5.74, 6) is 0.710. The van der Waals surface area contributed by atoms with Crippen LogP contribution in [0.5, 0.6) is 0 Å². The van der Waals surface area contributed by atoms with Gasteiger partial charge in [0.1, 0.15) is 23.2 Å². The molecule has 25 heavy (non-hydrogen) atoms. The summed E-state index contributed by atoms with van der Waals surface area (Å²) >= 11 is 3.42. The summed E-state index contributed by atoms with van der Waals surface area (Å²) in [5, 5.41) is 12.0. The molecule has 1 saturated heterocycles. The van der Waals surface area contributed by atoms with Gasteiger partial charge < -0.3 is 14.5 Å². The number of benzene rings is 1. The number of carbonyl (C=O) groups excluding carboxylic acids is 1. The second kappa shape index (κ2) is 8.15. The minimum Gasteiger partial charge on any atom is -0.457 e. The zero-order valence-corrected chi connectivity index (χ0v) is 15.1. The fourth-order valence-electron chi connectivity index (χ4n) is 2.63. The van der Waals surface area contributed by atoms with Gasteiger partial charge in [-0.15, -0.1) is 0 Å². The Labute approximate surface area is 154 Å². The first-order chi connectivity index (χ1) is 12.2. The molecule has 1 fully saturated rings. The summed E-state index contributed by atoms with van der Waals surface area (Å²) < 4.78 is 12.1. The summed E-state index contributed by atoms with van der Waals surface area (Å²) in [6.07, 6.45) is 3.43. The van der Waals surface area contributed by atoms with Crippen LogP contribution in [0, 0.1) is 11.3 Å². The largest absolute Gasteiger partial charge is 0.457 e. The average molecular weight is 401 g/mol. The molecule has 0 aliphatic carbocycles. The first-order valence-corrected chi connectivity index (χ1v) is 8.82. The maximum Gasteiger partial charge on any atom is 0.262 e. The first-order valence-electron chi connectivity index (χ1n) is 8.03. The standard InChI is InChI=1S/C19H17BrN2O3/c20-15-4-1-3-13(9-15)18-7-6-16(25-18)10-14(11-21)19(23)22-12-17-5-2-8-24-17/h1,3-4,6-7,9-10,17H,2,5,8,12H2,(H,22,23)/b14-10+. The van der Waals surface area contributed by atoms with Crippen LogP contribution < -0.4 is 5.32 Å². The smallest absolute Gasteiger partial charge is 0.262 e. The van der Waals surface area contributed by atoms with E-state index in [-0.39, 0.29) is 11.7 Å². The molecule has 5 nitrogen and oxygen atoms in total. The average Bonchev–Trinajstić information content (AvgIpc) is 3.29. The molecule has 1 atom stereocenters. The van der Waals surface area contributed by atoms with E-state index >= 15 is 0 Å². The lowest BCUT2D eigenvalue weighted by atomic mass is 10.2. The maximum atomic E-state index is 12.2. The fraction of sp³-hybridized carbons (Fsp3) is 0.263. The van der Waals surface area contributed by atoms with Gasteiger partial charge in [-0.1, -0.05) is 28.1 Å². The normalized spacial score (nSPS) is 17.3. The number of nitrogens with one attached hydrogen (secondary N) is 1. The number of hydrogen-bond acceptors (Lipinski definition) is 4. The molecule has 1 aliphatic heterocycles. The molecule has 0 saturated carbocycles. The number of rotatable bonds is 5. The van der Waals surface area contributed by atoms with Crippen LogP contribution in [0.1, 0.15) is 18.6 Å². The molecule has 2 heterocycles. The Bertz CT molecular complexity index is 829. The third-order valence-electron chi connectivity index (χ3n) is 3.90. The number of halogens is 1. The number of carbonyl (C=O) groups is 1. The summed E-state index contributed by atoms with van der Waals surface area (Å²) in [5.41, 5.74) is 0.920. The third-order valence-corrected chi connectivity index (χ3v) is 4.40. The van der Waals surface area contributed by atoms with Gasteiger partial charge in [-0.2, -0.15) is 5.26 Å². The number of nitrogens with zero attached hydrogens (tertiary/aromatic N) is 1. The van der Waals surface area contributed by atoms with Crippen molar-refractivity contribution >= 4 is 27.9 Å². The molecule has 1 aliphatic rings. The van der Waals surface area contributed by atoms with Gasteiger partial charge in [0, 0.05) is 29.3 Å². The first kappa shape index (κ1) is 17.5. The van der Waals surface area contributed by atoms with Gasteiger partial charge >= 0.3 is 0 Å². The minimum atomic E-state index is -0.418. The van der Waals surface area contributed by atoms with E-state index in [4.69, 9.17) is 9.15 Å². The molecule has 0 spiro atoms. The Hall–Kier alpha value is -2.36. The van der Waals surface area contributed by atoms with Crippen molar-refractivity contribution in [3.05, 3.63) is 52.2 Å². The third kappa shape index (κ3) is 4.59. The van der Waals surface area contributed by atoms with E-state index in [0.29, 0.717) is 18.1 Å². The molecule has 128 valence electrons. The number of amides is 1. The van der Waals surface area contributed by atoms with Gasteiger partial charge in [-0.3, -0.25) is 4.79 Å². The molecule has 1 amide bonds. The summed E-state index contributed by atoms with van der Waals surface area (Å²) in [6.45, 7) is 1.14. The molecule has 1 aromatic heterocycles. The van der Waals surface area contributed by atoms with Gasteiger partial charge in [-0.25, -0.2) is 0 Å². The van der Waals surface area contributed by atoms with E-state index in [9.17, 15) is 10.1 Å². The highest BCUT2D eigenvalue weighted by atomic mass is 79.9. The Morgan fingerprint density at radius 1 is 1.40 bits per heavy atom. The lowest BCUT2D eigenvalue weighted by molar-refractivity contribution is -0.117. The van der Waals surface area contributed by atoms with E-state index in [2.05, 4.69) is 21.2 Å². The van der Waals surface area contributed by atoms with Crippen LogP contribution in [-0.2, 0) is 9.53 Å². The number of ether oxygens (including phenoxy) is 1. The fourth-order valence-corrected chi connectivity index (χ4v) is 3.02. The van der Waals surface area contributed by atoms with Crippen LogP contribution in [0.2, 0.25) is 0 Å². The second-order valence-electron chi connectivity index (χ2n) is 5.73. The second-order valence-corrected chi connectivity index (χ2v) is 6.64. The van der Waals surface area contributed by atoms with Crippen molar-refractivity contribution in [1.29, 1.82) is 5.26 Å². The topological polar surface area (TPSA) is 75.3 Å². The van der Waals surface area contributed by atoms with Crippen LogP contribution in [0.25, 0.3) is 17.4 Å². The van der Waals surface area contributed by atoms with Crippen molar-refractivity contribution in [2.45, 2.75) is 18.9 Å². The molecule has 3 rings (SSSR count). The molecule has 0 radical (unpaired) electrons. The quantitative estimate of drug-likeness (QED) is 0.609. The highest BCUT2D eigenvalue weighted by molar-refractivity contribution is 9.10. The SMILES string of the molecule is N#C/C(=C\c1ccc(-c2cccc(Br)c2)o1)C(=O)NCC1CCCO1. The van der Waals surface area contributed by atoms with Gasteiger partial charge in [0.15, 0.2) is 0 Å². The van der Waals surface area contributed by atoms with Crippen molar-refractivity contribution < 1.29 is 13.9 Å². The van der Waals surface area contributed by atoms with E-state index in [1.807, 2.05) is 36.4 Å². The minimum absolute atomic E-state index is 0.00754. The molecule has 1 unspecified atom stereocenters. The lowest BCUT2D eigenvalue weighted by Gasteiger charge is -2.09. The summed E-state index contributed by atoms with van der Waals surface area (Å²) in [7, 11) is 0. The monoisotopic (exact) mass is 400 g/mol. The molecular formula is C19H17BrN2O3. The zero-order chi connectivity index (χ0) is 17.6. The van der Waals surface area contributed by atoms with Crippen molar-refractivity contribution in [3.63, 3.8) is 0 Å². The zero-order valence-electron chi connectivity index (χ0n) is 13.5. The molecular weight excluding hydrogens is 384 g/mol. The number of hydrogen-bond donors (Lipinski definition) is 1. The van der Waals surface area contributed by atoms with Crippen LogP contribution >= 0.6 is 15.9 Å².